The van der Waals surface area contributed by atoms with Crippen LogP contribution in [0.4, 0.5) is 20.2 Å². The number of nitrogens with one attached hydrogen (secondary N) is 4. The maximum atomic E-state index is 14.8. The van der Waals surface area contributed by atoms with Crippen LogP contribution in [0.25, 0.3) is 22.4 Å². The first-order valence-electron chi connectivity index (χ1n) is 13.5. The number of H-pyrrole nitrogens is 2. The van der Waals surface area contributed by atoms with Gasteiger partial charge in [0.2, 0.25) is 12.3 Å². The minimum Gasteiger partial charge on any atom is -0.345 e. The van der Waals surface area contributed by atoms with Crippen LogP contribution in [0.3, 0.4) is 0 Å². The van der Waals surface area contributed by atoms with E-state index >= 15 is 0 Å². The van der Waals surface area contributed by atoms with Crippen molar-refractivity contribution in [3.8, 4) is 22.4 Å². The molecule has 0 spiro atoms. The van der Waals surface area contributed by atoms with Crippen LogP contribution in [0, 0.1) is 24.6 Å². The molecule has 1 aliphatic carbocycles. The van der Waals surface area contributed by atoms with E-state index in [2.05, 4.69) is 20.6 Å². The van der Waals surface area contributed by atoms with Crippen molar-refractivity contribution in [3.63, 3.8) is 0 Å². The molecule has 2 aliphatic rings. The van der Waals surface area contributed by atoms with Crippen molar-refractivity contribution in [2.24, 2.45) is 11.8 Å². The molecule has 2 aromatic heterocycles. The maximum absolute atomic E-state index is 14.8. The Bertz CT molecular complexity index is 1600. The molecule has 2 bridgehead atoms. The van der Waals surface area contributed by atoms with E-state index in [4.69, 9.17) is 4.98 Å². The largest absolute Gasteiger partial charge is 0.345 e. The lowest BCUT2D eigenvalue weighted by Gasteiger charge is -2.15. The Morgan fingerprint density at radius 3 is 2.75 bits per heavy atom. The highest BCUT2D eigenvalue weighted by Crippen LogP contribution is 2.49. The third-order valence-corrected chi connectivity index (χ3v) is 8.04. The van der Waals surface area contributed by atoms with Crippen LogP contribution in [0.2, 0.25) is 0 Å². The van der Waals surface area contributed by atoms with Gasteiger partial charge in [-0.3, -0.25) is 9.59 Å². The van der Waals surface area contributed by atoms with E-state index in [1.807, 2.05) is 25.1 Å². The van der Waals surface area contributed by atoms with Crippen molar-refractivity contribution in [2.75, 3.05) is 10.6 Å². The molecule has 40 heavy (non-hydrogen) atoms. The number of carbonyl (C=O) groups is 2. The number of aromatic nitrogens is 3. The highest BCUT2D eigenvalue weighted by atomic mass is 19.1. The smallest absolute Gasteiger partial charge is 0.224 e. The fourth-order valence-corrected chi connectivity index (χ4v) is 5.89. The number of rotatable bonds is 5. The lowest BCUT2D eigenvalue weighted by Crippen LogP contribution is -2.19. The molecule has 1 saturated carbocycles. The Hall–Kier alpha value is -4.40. The first-order valence-corrected chi connectivity index (χ1v) is 13.5. The maximum Gasteiger partial charge on any atom is 0.224 e. The van der Waals surface area contributed by atoms with Gasteiger partial charge in [-0.15, -0.1) is 0 Å². The molecule has 1 aliphatic heterocycles. The number of aryl methyl sites for hydroxylation is 1. The molecule has 4 N–H and O–H groups in total. The van der Waals surface area contributed by atoms with Crippen LogP contribution in [0.1, 0.15) is 61.1 Å². The van der Waals surface area contributed by atoms with Crippen molar-refractivity contribution in [3.05, 3.63) is 83.3 Å². The van der Waals surface area contributed by atoms with Gasteiger partial charge in [0.1, 0.15) is 23.7 Å². The van der Waals surface area contributed by atoms with Gasteiger partial charge in [-0.25, -0.2) is 18.7 Å². The molecule has 1 fully saturated rings. The predicted octanol–water partition coefficient (Wildman–Crippen LogP) is 6.10. The third-order valence-electron chi connectivity index (χ3n) is 8.04. The molecule has 4 atom stereocenters. The molecule has 0 saturated heterocycles. The molecule has 204 valence electrons. The number of anilines is 2. The second-order valence-electron chi connectivity index (χ2n) is 10.8. The third kappa shape index (κ3) is 4.87. The van der Waals surface area contributed by atoms with Crippen molar-refractivity contribution in [2.45, 2.75) is 45.2 Å². The first kappa shape index (κ1) is 25.9. The zero-order valence-corrected chi connectivity index (χ0v) is 22.2. The van der Waals surface area contributed by atoms with Crippen LogP contribution in [-0.4, -0.2) is 22.3 Å². The summed E-state index contributed by atoms with van der Waals surface area (Å²) >= 11 is 0. The first-order chi connectivity index (χ1) is 19.3. The molecule has 4 unspecified atom stereocenters. The van der Waals surface area contributed by atoms with Crippen LogP contribution in [0.15, 0.2) is 54.7 Å². The number of hydrogen-bond donors (Lipinski definition) is 3. The minimum atomic E-state index is -1.31. The van der Waals surface area contributed by atoms with Crippen LogP contribution in [-0.2, 0) is 9.59 Å². The number of imidazole rings is 1. The number of amides is 2. The zero-order valence-electron chi connectivity index (χ0n) is 22.2. The number of alkyl halides is 1. The highest BCUT2D eigenvalue weighted by molar-refractivity contribution is 5.97. The van der Waals surface area contributed by atoms with Gasteiger partial charge in [0.25, 0.3) is 0 Å². The standard InChI is InChI=1S/C31H29F2N5O2/c1-16(32)22-4-3-5-25(33)29(22)18-6-9-26(34-14-18)24-11-19-10-20(19)12-28(40)37-27-13-21(35-15-39)7-8-23(27)30-17(2)36-31(24)38-30/h3-9,13-16,19-20,24H,10-12H2,1-2H3,(H,35,39)(H,36,38)(H,37,40)/p+1. The van der Waals surface area contributed by atoms with E-state index in [1.165, 1.54) is 19.1 Å². The summed E-state index contributed by atoms with van der Waals surface area (Å²) in [5.74, 6) is 0.761. The summed E-state index contributed by atoms with van der Waals surface area (Å²) in [6.45, 7) is 3.35. The van der Waals surface area contributed by atoms with Crippen molar-refractivity contribution >= 4 is 23.7 Å². The Labute approximate surface area is 230 Å². The highest BCUT2D eigenvalue weighted by Gasteiger charge is 2.42. The number of fused-ring (bicyclic) bond motifs is 5. The van der Waals surface area contributed by atoms with E-state index in [0.29, 0.717) is 46.9 Å². The van der Waals surface area contributed by atoms with Gasteiger partial charge in [0, 0.05) is 40.6 Å². The molecule has 7 nitrogen and oxygen atoms in total. The quantitative estimate of drug-likeness (QED) is 0.266. The number of nitrogens with zero attached hydrogens (tertiary/aromatic N) is 1. The molecule has 2 aromatic carbocycles. The van der Waals surface area contributed by atoms with E-state index in [1.54, 1.807) is 24.4 Å². The fourth-order valence-electron chi connectivity index (χ4n) is 5.89. The van der Waals surface area contributed by atoms with Crippen molar-refractivity contribution in [1.82, 2.24) is 9.97 Å². The number of carbonyl (C=O) groups excluding carboxylic acids is 2. The van der Waals surface area contributed by atoms with Gasteiger partial charge in [-0.2, -0.15) is 0 Å². The Kier molecular flexibility index (Phi) is 6.65. The van der Waals surface area contributed by atoms with Crippen LogP contribution >= 0.6 is 0 Å². The number of pyridine rings is 1. The number of hydrogen-bond acceptors (Lipinski definition) is 3. The number of aromatic amines is 2. The Morgan fingerprint density at radius 2 is 2.00 bits per heavy atom. The second kappa shape index (κ2) is 10.3. The Morgan fingerprint density at radius 1 is 1.15 bits per heavy atom. The minimum absolute atomic E-state index is 0.0683. The molecular formula is C31H30F2N5O2+. The van der Waals surface area contributed by atoms with Gasteiger partial charge >= 0.3 is 0 Å². The number of benzene rings is 2. The predicted molar refractivity (Wildman–Crippen MR) is 148 cm³/mol. The molecule has 0 radical (unpaired) electrons. The summed E-state index contributed by atoms with van der Waals surface area (Å²) in [6, 6.07) is 13.6. The summed E-state index contributed by atoms with van der Waals surface area (Å²) in [6.07, 6.45) is 3.17. The summed E-state index contributed by atoms with van der Waals surface area (Å²) in [4.78, 5) is 35.8. The van der Waals surface area contributed by atoms with E-state index in [-0.39, 0.29) is 23.3 Å². The van der Waals surface area contributed by atoms with Gasteiger partial charge in [-0.1, -0.05) is 12.1 Å². The van der Waals surface area contributed by atoms with Crippen molar-refractivity contribution < 1.29 is 23.4 Å². The molecule has 9 heteroatoms. The van der Waals surface area contributed by atoms with Gasteiger partial charge in [0.15, 0.2) is 11.9 Å². The van der Waals surface area contributed by atoms with Gasteiger partial charge < -0.3 is 15.6 Å². The van der Waals surface area contributed by atoms with Crippen LogP contribution in [0.5, 0.6) is 0 Å². The normalized spacial score (nSPS) is 20.7. The number of halogens is 2. The lowest BCUT2D eigenvalue weighted by atomic mass is 9.93. The van der Waals surface area contributed by atoms with E-state index in [0.717, 1.165) is 35.6 Å². The monoisotopic (exact) mass is 542 g/mol. The summed E-state index contributed by atoms with van der Waals surface area (Å²) in [5, 5.41) is 5.67. The van der Waals surface area contributed by atoms with E-state index in [9.17, 15) is 18.4 Å². The Balaban J connectivity index is 1.41. The second-order valence-corrected chi connectivity index (χ2v) is 10.8. The molecule has 3 heterocycles. The topological polar surface area (TPSA) is 101 Å². The van der Waals surface area contributed by atoms with Crippen molar-refractivity contribution in [1.29, 1.82) is 0 Å². The summed E-state index contributed by atoms with van der Waals surface area (Å²) < 4.78 is 29.1. The zero-order chi connectivity index (χ0) is 28.0. The SMILES string of the molecule is Cc1[nH]c2nc1-c1ccc(NC=O)cc1NC(=O)CC1CC1CC2c1ccc(-c2c(F)cccc2C(C)F)c[nH+]1. The average Bonchev–Trinajstić information content (AvgIpc) is 3.54. The summed E-state index contributed by atoms with van der Waals surface area (Å²) in [7, 11) is 0. The molecular weight excluding hydrogens is 512 g/mol. The lowest BCUT2D eigenvalue weighted by molar-refractivity contribution is -0.391. The van der Waals surface area contributed by atoms with E-state index < -0.39 is 12.0 Å². The van der Waals surface area contributed by atoms with Gasteiger partial charge in [-0.05, 0) is 74.4 Å². The molecule has 2 amide bonds. The van der Waals surface area contributed by atoms with Crippen LogP contribution < -0.4 is 15.6 Å². The molecule has 4 aromatic rings. The summed E-state index contributed by atoms with van der Waals surface area (Å²) in [5.41, 5.74) is 5.51. The average molecular weight is 543 g/mol. The fraction of sp³-hybridized carbons (Fsp3) is 0.290. The molecule has 6 rings (SSSR count). The van der Waals surface area contributed by atoms with Gasteiger partial charge in [0.05, 0.1) is 11.4 Å².